The predicted octanol–water partition coefficient (Wildman–Crippen LogP) is 4.44. The van der Waals surface area contributed by atoms with Crippen LogP contribution in [0.25, 0.3) is 22.2 Å². The summed E-state index contributed by atoms with van der Waals surface area (Å²) in [5, 5.41) is 10.4. The maximum absolute atomic E-state index is 15.4. The molecule has 2 atom stereocenters. The monoisotopic (exact) mass is 477 g/mol. The summed E-state index contributed by atoms with van der Waals surface area (Å²) < 4.78 is 17.2. The largest absolute Gasteiger partial charge is 0.478 e. The van der Waals surface area contributed by atoms with Crippen molar-refractivity contribution in [1.29, 1.82) is 0 Å². The van der Waals surface area contributed by atoms with E-state index in [-0.39, 0.29) is 36.4 Å². The van der Waals surface area contributed by atoms with Crippen LogP contribution in [0.5, 0.6) is 0 Å². The van der Waals surface area contributed by atoms with Gasteiger partial charge in [-0.05, 0) is 36.6 Å². The molecule has 2 heterocycles. The molecule has 1 aliphatic heterocycles. The summed E-state index contributed by atoms with van der Waals surface area (Å²) in [6.45, 7) is -0.190. The number of alkyl halides is 1. The van der Waals surface area contributed by atoms with Crippen molar-refractivity contribution in [2.75, 3.05) is 25.5 Å². The van der Waals surface area contributed by atoms with Crippen molar-refractivity contribution in [3.63, 3.8) is 0 Å². The van der Waals surface area contributed by atoms with Gasteiger partial charge in [0.25, 0.3) is 0 Å². The Kier molecular flexibility index (Phi) is 5.83. The molecule has 2 amide bonds. The number of para-hydroxylation sites is 1. The number of carbonyl (C=O) groups is 3. The van der Waals surface area contributed by atoms with Gasteiger partial charge in [0.2, 0.25) is 11.8 Å². The Bertz CT molecular complexity index is 1350. The second-order valence-corrected chi connectivity index (χ2v) is 9.58. The van der Waals surface area contributed by atoms with Crippen LogP contribution in [-0.4, -0.2) is 59.2 Å². The lowest BCUT2D eigenvalue weighted by Gasteiger charge is -2.28. The van der Waals surface area contributed by atoms with E-state index in [1.165, 1.54) is 9.80 Å². The third kappa shape index (κ3) is 3.87. The average molecular weight is 478 g/mol. The van der Waals surface area contributed by atoms with Crippen LogP contribution in [0, 0.1) is 0 Å². The van der Waals surface area contributed by atoms with Crippen molar-refractivity contribution in [2.24, 2.45) is 0 Å². The fourth-order valence-corrected chi connectivity index (χ4v) is 5.46. The van der Waals surface area contributed by atoms with E-state index in [4.69, 9.17) is 0 Å². The SMILES string of the molecule is CN(C)C(=O)CN1C(=O)Cn2c(c(C3CCCCC3F)c3ccc(C(=O)O)cc32)-c2ccccc21. The van der Waals surface area contributed by atoms with Crippen LogP contribution in [0.15, 0.2) is 42.5 Å². The van der Waals surface area contributed by atoms with Crippen LogP contribution in [-0.2, 0) is 16.1 Å². The van der Waals surface area contributed by atoms with Gasteiger partial charge in [-0.3, -0.25) is 9.59 Å². The van der Waals surface area contributed by atoms with E-state index < -0.39 is 12.1 Å². The van der Waals surface area contributed by atoms with Crippen molar-refractivity contribution < 1.29 is 23.9 Å². The smallest absolute Gasteiger partial charge is 0.335 e. The number of benzene rings is 2. The average Bonchev–Trinajstić information content (AvgIpc) is 3.09. The summed E-state index contributed by atoms with van der Waals surface area (Å²) in [6, 6.07) is 12.2. The highest BCUT2D eigenvalue weighted by molar-refractivity contribution is 6.07. The Hall–Kier alpha value is -3.68. The minimum Gasteiger partial charge on any atom is -0.478 e. The molecular weight excluding hydrogens is 449 g/mol. The van der Waals surface area contributed by atoms with Gasteiger partial charge < -0.3 is 19.5 Å². The van der Waals surface area contributed by atoms with E-state index in [0.29, 0.717) is 24.0 Å². The third-order valence-electron chi connectivity index (χ3n) is 7.24. The first kappa shape index (κ1) is 23.1. The first-order chi connectivity index (χ1) is 16.8. The van der Waals surface area contributed by atoms with Crippen LogP contribution < -0.4 is 4.90 Å². The fraction of sp³-hybridized carbons (Fsp3) is 0.370. The number of fused-ring (bicyclic) bond motifs is 5. The van der Waals surface area contributed by atoms with E-state index in [2.05, 4.69) is 0 Å². The van der Waals surface area contributed by atoms with E-state index in [9.17, 15) is 19.5 Å². The molecule has 0 saturated heterocycles. The summed E-state index contributed by atoms with van der Waals surface area (Å²) in [5.74, 6) is -1.91. The van der Waals surface area contributed by atoms with Crippen LogP contribution in [0.3, 0.4) is 0 Å². The molecule has 8 heteroatoms. The van der Waals surface area contributed by atoms with Crippen LogP contribution >= 0.6 is 0 Å². The van der Waals surface area contributed by atoms with E-state index in [1.807, 2.05) is 28.8 Å². The number of carboxylic acids is 1. The molecule has 2 unspecified atom stereocenters. The predicted molar refractivity (Wildman–Crippen MR) is 131 cm³/mol. The lowest BCUT2D eigenvalue weighted by Crippen LogP contribution is -2.41. The van der Waals surface area contributed by atoms with Crippen molar-refractivity contribution in [2.45, 2.75) is 44.3 Å². The normalized spacial score (nSPS) is 19.7. The van der Waals surface area contributed by atoms with Gasteiger partial charge >= 0.3 is 5.97 Å². The van der Waals surface area contributed by atoms with E-state index in [1.54, 1.807) is 32.3 Å². The molecule has 0 spiro atoms. The number of carbonyl (C=O) groups excluding carboxylic acids is 2. The third-order valence-corrected chi connectivity index (χ3v) is 7.24. The molecule has 0 bridgehead atoms. The number of aromatic nitrogens is 1. The zero-order chi connectivity index (χ0) is 24.9. The summed E-state index contributed by atoms with van der Waals surface area (Å²) in [5.41, 5.74) is 3.60. The first-order valence-corrected chi connectivity index (χ1v) is 11.9. The Labute approximate surface area is 202 Å². The van der Waals surface area contributed by atoms with E-state index >= 15 is 4.39 Å². The lowest BCUT2D eigenvalue weighted by molar-refractivity contribution is -0.129. The molecule has 1 fully saturated rings. The Balaban J connectivity index is 1.80. The van der Waals surface area contributed by atoms with Crippen LogP contribution in [0.4, 0.5) is 10.1 Å². The molecule has 1 aromatic heterocycles. The summed E-state index contributed by atoms with van der Waals surface area (Å²) in [6.07, 6.45) is 1.90. The molecule has 7 nitrogen and oxygen atoms in total. The summed E-state index contributed by atoms with van der Waals surface area (Å²) in [7, 11) is 3.28. The molecule has 1 aliphatic carbocycles. The molecular formula is C27H28FN3O4. The van der Waals surface area contributed by atoms with E-state index in [0.717, 1.165) is 35.0 Å². The van der Waals surface area contributed by atoms with Gasteiger partial charge in [0.05, 0.1) is 22.5 Å². The second kappa shape index (κ2) is 8.83. The minimum atomic E-state index is -1.07. The molecule has 1 saturated carbocycles. The molecule has 182 valence electrons. The van der Waals surface area contributed by atoms with Crippen LogP contribution in [0.1, 0.15) is 47.5 Å². The molecule has 2 aromatic carbocycles. The van der Waals surface area contributed by atoms with Crippen molar-refractivity contribution in [3.05, 3.63) is 53.6 Å². The van der Waals surface area contributed by atoms with Gasteiger partial charge in [0, 0.05) is 31.0 Å². The zero-order valence-corrected chi connectivity index (χ0v) is 19.8. The number of hydrogen-bond acceptors (Lipinski definition) is 3. The summed E-state index contributed by atoms with van der Waals surface area (Å²) >= 11 is 0. The van der Waals surface area contributed by atoms with Crippen molar-refractivity contribution in [3.8, 4) is 11.3 Å². The Morgan fingerprint density at radius 1 is 1.11 bits per heavy atom. The fourth-order valence-electron chi connectivity index (χ4n) is 5.46. The zero-order valence-electron chi connectivity index (χ0n) is 19.8. The van der Waals surface area contributed by atoms with Gasteiger partial charge in [0.15, 0.2) is 0 Å². The van der Waals surface area contributed by atoms with Gasteiger partial charge in [-0.15, -0.1) is 0 Å². The van der Waals surface area contributed by atoms with Crippen molar-refractivity contribution in [1.82, 2.24) is 9.47 Å². The number of amides is 2. The number of hydrogen-bond donors (Lipinski definition) is 1. The molecule has 3 aromatic rings. The standard InChI is InChI=1S/C27H28FN3O4/c1-29(2)23(32)14-30-21-10-6-4-8-19(21)26-25(17-7-3-5-9-20(17)28)18-12-11-16(27(34)35)13-22(18)31(26)15-24(30)33/h4,6,8,10-13,17,20H,3,5,7,9,14-15H2,1-2H3,(H,34,35). The number of anilines is 1. The van der Waals surface area contributed by atoms with Gasteiger partial charge in [-0.25, -0.2) is 9.18 Å². The molecule has 1 N–H and O–H groups in total. The number of halogens is 1. The van der Waals surface area contributed by atoms with Crippen LogP contribution in [0.2, 0.25) is 0 Å². The molecule has 5 rings (SSSR count). The Morgan fingerprint density at radius 3 is 2.57 bits per heavy atom. The molecule has 0 radical (unpaired) electrons. The quantitative estimate of drug-likeness (QED) is 0.602. The second-order valence-electron chi connectivity index (χ2n) is 9.58. The number of likely N-dealkylation sites (N-methyl/N-ethyl adjacent to an activating group) is 1. The van der Waals surface area contributed by atoms with Gasteiger partial charge in [-0.1, -0.05) is 37.1 Å². The number of rotatable bonds is 4. The molecule has 2 aliphatic rings. The summed E-state index contributed by atoms with van der Waals surface area (Å²) in [4.78, 5) is 40.8. The highest BCUT2D eigenvalue weighted by Crippen LogP contribution is 2.48. The minimum absolute atomic E-state index is 0.0754. The number of aromatic carboxylic acids is 1. The topological polar surface area (TPSA) is 82.9 Å². The molecule has 35 heavy (non-hydrogen) atoms. The van der Waals surface area contributed by atoms with Gasteiger partial charge in [-0.2, -0.15) is 0 Å². The van der Waals surface area contributed by atoms with Crippen molar-refractivity contribution >= 4 is 34.4 Å². The number of carboxylic acid groups (broad SMARTS) is 1. The highest BCUT2D eigenvalue weighted by Gasteiger charge is 2.36. The highest BCUT2D eigenvalue weighted by atomic mass is 19.1. The number of nitrogens with zero attached hydrogens (tertiary/aromatic N) is 3. The lowest BCUT2D eigenvalue weighted by atomic mass is 9.80. The van der Waals surface area contributed by atoms with Gasteiger partial charge in [0.1, 0.15) is 19.3 Å². The Morgan fingerprint density at radius 2 is 1.86 bits per heavy atom. The maximum Gasteiger partial charge on any atom is 0.335 e. The maximum atomic E-state index is 15.4. The first-order valence-electron chi connectivity index (χ1n) is 11.9.